The molecule has 0 aliphatic rings. The standard InChI is InChI=1S/C24H29N7O4S.CH4/c1-24(2,25)23(32)26-20(16-35-15-17-9-5-4-6-10-17)22-27-29-31(28-22)14-18-13-30(36(3,33)34)21-12-8-7-11-19(18)21;/h4-13,20H,14-16,25H2,1-3H3,(H,26,32);1H4/t20-;/m1./s1. The highest BCUT2D eigenvalue weighted by Gasteiger charge is 2.28. The van der Waals surface area contributed by atoms with Gasteiger partial charge in [-0.3, -0.25) is 4.79 Å². The summed E-state index contributed by atoms with van der Waals surface area (Å²) in [5.74, 6) is -0.129. The minimum atomic E-state index is -3.49. The summed E-state index contributed by atoms with van der Waals surface area (Å²) in [7, 11) is -3.49. The molecule has 0 aliphatic carbocycles. The highest BCUT2D eigenvalue weighted by molar-refractivity contribution is 7.89. The maximum Gasteiger partial charge on any atom is 0.240 e. The molecule has 4 aromatic rings. The molecule has 198 valence electrons. The summed E-state index contributed by atoms with van der Waals surface area (Å²) in [5.41, 5.74) is 7.11. The Labute approximate surface area is 216 Å². The SMILES string of the molecule is C.CC(C)(N)C(=O)N[C@H](COCc1ccccc1)c1nnn(Cc2cn(S(C)(=O)=O)c3ccccc23)n1. The largest absolute Gasteiger partial charge is 0.374 e. The number of nitrogens with zero attached hydrogens (tertiary/aromatic N) is 5. The third-order valence-corrected chi connectivity index (χ3v) is 6.51. The minimum absolute atomic E-state index is 0. The van der Waals surface area contributed by atoms with Crippen LogP contribution in [0.3, 0.4) is 0 Å². The van der Waals surface area contributed by atoms with Crippen LogP contribution in [0, 0.1) is 0 Å². The third-order valence-electron chi connectivity index (χ3n) is 5.50. The second-order valence-corrected chi connectivity index (χ2v) is 11.0. The van der Waals surface area contributed by atoms with Crippen molar-refractivity contribution in [1.82, 2.24) is 29.5 Å². The highest BCUT2D eigenvalue weighted by Crippen LogP contribution is 2.23. The van der Waals surface area contributed by atoms with Crippen molar-refractivity contribution < 1.29 is 17.9 Å². The number of nitrogens with one attached hydrogen (secondary N) is 1. The molecule has 0 bridgehead atoms. The summed E-state index contributed by atoms with van der Waals surface area (Å²) in [6.45, 7) is 3.84. The summed E-state index contributed by atoms with van der Waals surface area (Å²) in [6, 6.07) is 16.2. The minimum Gasteiger partial charge on any atom is -0.374 e. The molecule has 2 heterocycles. The Balaban J connectivity index is 0.00000380. The average molecular weight is 528 g/mol. The maximum atomic E-state index is 12.6. The van der Waals surface area contributed by atoms with Crippen LogP contribution in [-0.2, 0) is 32.7 Å². The van der Waals surface area contributed by atoms with Gasteiger partial charge < -0.3 is 15.8 Å². The molecule has 0 spiro atoms. The van der Waals surface area contributed by atoms with Crippen LogP contribution >= 0.6 is 0 Å². The molecule has 0 aliphatic heterocycles. The second kappa shape index (κ2) is 11.2. The van der Waals surface area contributed by atoms with Gasteiger partial charge in [-0.1, -0.05) is 56.0 Å². The van der Waals surface area contributed by atoms with Gasteiger partial charge in [-0.05, 0) is 30.7 Å². The van der Waals surface area contributed by atoms with Crippen LogP contribution in [0.4, 0.5) is 0 Å². The van der Waals surface area contributed by atoms with E-state index in [1.807, 2.05) is 42.5 Å². The molecule has 11 nitrogen and oxygen atoms in total. The Morgan fingerprint density at radius 3 is 2.49 bits per heavy atom. The van der Waals surface area contributed by atoms with E-state index in [9.17, 15) is 13.2 Å². The van der Waals surface area contributed by atoms with Crippen molar-refractivity contribution in [2.75, 3.05) is 12.9 Å². The molecule has 3 N–H and O–H groups in total. The van der Waals surface area contributed by atoms with E-state index in [2.05, 4.69) is 20.7 Å². The summed E-state index contributed by atoms with van der Waals surface area (Å²) in [4.78, 5) is 13.9. The topological polar surface area (TPSA) is 147 Å². The first-order valence-corrected chi connectivity index (χ1v) is 13.2. The predicted octanol–water partition coefficient (Wildman–Crippen LogP) is 2.23. The van der Waals surface area contributed by atoms with E-state index < -0.39 is 21.6 Å². The van der Waals surface area contributed by atoms with Gasteiger partial charge in [-0.15, -0.1) is 10.2 Å². The van der Waals surface area contributed by atoms with Crippen molar-refractivity contribution in [1.29, 1.82) is 0 Å². The number of rotatable bonds is 10. The molecule has 12 heteroatoms. The molecular weight excluding hydrogens is 494 g/mol. The second-order valence-electron chi connectivity index (χ2n) is 9.16. The van der Waals surface area contributed by atoms with Gasteiger partial charge in [0.1, 0.15) is 6.04 Å². The molecule has 1 amide bonds. The number of para-hydroxylation sites is 1. The lowest BCUT2D eigenvalue weighted by atomic mass is 10.1. The zero-order valence-corrected chi connectivity index (χ0v) is 21.1. The van der Waals surface area contributed by atoms with Crippen molar-refractivity contribution in [2.24, 2.45) is 5.73 Å². The third kappa shape index (κ3) is 6.79. The van der Waals surface area contributed by atoms with Gasteiger partial charge in [0.05, 0.1) is 37.1 Å². The number of carbonyl (C=O) groups excluding carboxylic acids is 1. The highest BCUT2D eigenvalue weighted by atomic mass is 32.2. The fourth-order valence-electron chi connectivity index (χ4n) is 3.63. The van der Waals surface area contributed by atoms with Crippen LogP contribution in [0.25, 0.3) is 10.9 Å². The number of tetrazole rings is 1. The monoisotopic (exact) mass is 527 g/mol. The first-order valence-electron chi connectivity index (χ1n) is 11.3. The molecule has 0 saturated carbocycles. The Kier molecular flexibility index (Phi) is 8.46. The Bertz CT molecular complexity index is 1460. The van der Waals surface area contributed by atoms with E-state index in [4.69, 9.17) is 10.5 Å². The normalized spacial score (nSPS) is 12.8. The molecule has 0 saturated heterocycles. The molecule has 4 rings (SSSR count). The van der Waals surface area contributed by atoms with E-state index in [0.29, 0.717) is 17.7 Å². The quantitative estimate of drug-likeness (QED) is 0.319. The summed E-state index contributed by atoms with van der Waals surface area (Å²) < 4.78 is 31.6. The zero-order valence-electron chi connectivity index (χ0n) is 20.3. The van der Waals surface area contributed by atoms with Crippen molar-refractivity contribution >= 4 is 26.8 Å². The van der Waals surface area contributed by atoms with Crippen molar-refractivity contribution in [3.05, 3.63) is 77.7 Å². The number of aromatic nitrogens is 5. The van der Waals surface area contributed by atoms with Crippen LogP contribution in [0.1, 0.15) is 44.3 Å². The summed E-state index contributed by atoms with van der Waals surface area (Å²) in [6.07, 6.45) is 2.71. The molecule has 0 fully saturated rings. The lowest BCUT2D eigenvalue weighted by molar-refractivity contribution is -0.126. The number of hydrogen-bond acceptors (Lipinski definition) is 8. The molecule has 37 heavy (non-hydrogen) atoms. The van der Waals surface area contributed by atoms with Crippen LogP contribution in [0.15, 0.2) is 60.8 Å². The Morgan fingerprint density at radius 1 is 1.14 bits per heavy atom. The van der Waals surface area contributed by atoms with E-state index in [1.54, 1.807) is 32.2 Å². The van der Waals surface area contributed by atoms with Gasteiger partial charge >= 0.3 is 0 Å². The fraction of sp³-hybridized carbons (Fsp3) is 0.360. The lowest BCUT2D eigenvalue weighted by Crippen LogP contribution is -2.50. The van der Waals surface area contributed by atoms with Gasteiger partial charge in [0.2, 0.25) is 15.9 Å². The van der Waals surface area contributed by atoms with Gasteiger partial charge in [-0.2, -0.15) is 4.80 Å². The van der Waals surface area contributed by atoms with Gasteiger partial charge in [0.25, 0.3) is 0 Å². The van der Waals surface area contributed by atoms with E-state index in [-0.39, 0.29) is 32.3 Å². The number of hydrogen-bond donors (Lipinski definition) is 2. The molecule has 2 aromatic carbocycles. The number of nitrogens with two attached hydrogens (primary N) is 1. The summed E-state index contributed by atoms with van der Waals surface area (Å²) in [5, 5.41) is 16.3. The van der Waals surface area contributed by atoms with Crippen molar-refractivity contribution in [2.45, 2.75) is 46.0 Å². The zero-order chi connectivity index (χ0) is 25.9. The number of fused-ring (bicyclic) bond motifs is 1. The summed E-state index contributed by atoms with van der Waals surface area (Å²) >= 11 is 0. The van der Waals surface area contributed by atoms with Crippen molar-refractivity contribution in [3.8, 4) is 0 Å². The molecule has 0 unspecified atom stereocenters. The van der Waals surface area contributed by atoms with Crippen LogP contribution < -0.4 is 11.1 Å². The first-order chi connectivity index (χ1) is 17.0. The Morgan fingerprint density at radius 2 is 1.81 bits per heavy atom. The predicted molar refractivity (Wildman–Crippen MR) is 141 cm³/mol. The van der Waals surface area contributed by atoms with Gasteiger partial charge in [0.15, 0.2) is 5.82 Å². The number of benzene rings is 2. The molecular formula is C25H33N7O4S. The average Bonchev–Trinajstić information content (AvgIpc) is 3.44. The lowest BCUT2D eigenvalue weighted by Gasteiger charge is -2.22. The van der Waals surface area contributed by atoms with Gasteiger partial charge in [0, 0.05) is 17.1 Å². The smallest absolute Gasteiger partial charge is 0.240 e. The maximum absolute atomic E-state index is 12.6. The van der Waals surface area contributed by atoms with Gasteiger partial charge in [-0.25, -0.2) is 12.4 Å². The molecule has 0 radical (unpaired) electrons. The fourth-order valence-corrected chi connectivity index (χ4v) is 4.46. The van der Waals surface area contributed by atoms with Crippen LogP contribution in [-0.4, -0.2) is 56.9 Å². The number of ether oxygens (including phenoxy) is 1. The Hall–Kier alpha value is -3.61. The number of amides is 1. The van der Waals surface area contributed by atoms with Crippen LogP contribution in [0.5, 0.6) is 0 Å². The first kappa shape index (κ1) is 28.0. The van der Waals surface area contributed by atoms with Crippen molar-refractivity contribution in [3.63, 3.8) is 0 Å². The van der Waals surface area contributed by atoms with E-state index >= 15 is 0 Å². The van der Waals surface area contributed by atoms with E-state index in [0.717, 1.165) is 17.2 Å². The molecule has 2 aromatic heterocycles. The molecule has 1 atom stereocenters. The van der Waals surface area contributed by atoms with Crippen LogP contribution in [0.2, 0.25) is 0 Å². The number of carbonyl (C=O) groups is 1. The van der Waals surface area contributed by atoms with E-state index in [1.165, 1.54) is 8.77 Å².